The number of aliphatic hydroxyl groups is 1. The fourth-order valence-corrected chi connectivity index (χ4v) is 5.13. The zero-order valence-corrected chi connectivity index (χ0v) is 13.0. The van der Waals surface area contributed by atoms with Gasteiger partial charge in [0.1, 0.15) is 0 Å². The maximum atomic E-state index is 11.3. The number of hydrogen-bond acceptors (Lipinski definition) is 3. The Balaban J connectivity index is 1.85. The first kappa shape index (κ1) is 14.4. The molecule has 0 saturated carbocycles. The molecule has 2 saturated heterocycles. The van der Waals surface area contributed by atoms with E-state index in [9.17, 15) is 5.11 Å². The van der Waals surface area contributed by atoms with Crippen molar-refractivity contribution in [2.24, 2.45) is 5.92 Å². The van der Waals surface area contributed by atoms with Crippen LogP contribution in [-0.2, 0) is 10.3 Å². The van der Waals surface area contributed by atoms with Crippen LogP contribution in [0.1, 0.15) is 38.2 Å². The van der Waals surface area contributed by atoms with Gasteiger partial charge in [-0.2, -0.15) is 11.8 Å². The minimum absolute atomic E-state index is 0.0332. The molecule has 2 nitrogen and oxygen atoms in total. The molecule has 0 bridgehead atoms. The predicted octanol–water partition coefficient (Wildman–Crippen LogP) is 3.59. The monoisotopic (exact) mass is 292 g/mol. The summed E-state index contributed by atoms with van der Waals surface area (Å²) in [5.74, 6) is 2.60. The highest BCUT2D eigenvalue weighted by molar-refractivity contribution is 7.99. The van der Waals surface area contributed by atoms with E-state index in [0.717, 1.165) is 43.6 Å². The summed E-state index contributed by atoms with van der Waals surface area (Å²) in [6, 6.07) is 10.2. The van der Waals surface area contributed by atoms with E-state index in [1.165, 1.54) is 5.75 Å². The van der Waals surface area contributed by atoms with Gasteiger partial charge in [-0.25, -0.2) is 0 Å². The number of rotatable bonds is 3. The smallest absolute Gasteiger partial charge is 0.0923 e. The maximum Gasteiger partial charge on any atom is 0.0923 e. The first-order valence-electron chi connectivity index (χ1n) is 7.68. The van der Waals surface area contributed by atoms with Crippen molar-refractivity contribution in [2.45, 2.75) is 43.8 Å². The molecule has 1 N–H and O–H groups in total. The summed E-state index contributed by atoms with van der Waals surface area (Å²) < 4.78 is 6.10. The fraction of sp³-hybridized carbons (Fsp3) is 0.647. The Morgan fingerprint density at radius 3 is 2.85 bits per heavy atom. The molecule has 2 aliphatic rings. The lowest BCUT2D eigenvalue weighted by molar-refractivity contribution is -0.136. The topological polar surface area (TPSA) is 29.5 Å². The molecular formula is C17H24O2S. The molecule has 0 aromatic heterocycles. The second-order valence-corrected chi connectivity index (χ2v) is 7.27. The summed E-state index contributed by atoms with van der Waals surface area (Å²) in [5.41, 5.74) is 0.395. The lowest BCUT2D eigenvalue weighted by Crippen LogP contribution is -2.47. The predicted molar refractivity (Wildman–Crippen MR) is 84.0 cm³/mol. The summed E-state index contributed by atoms with van der Waals surface area (Å²) in [7, 11) is 0. The highest BCUT2D eigenvalue weighted by Crippen LogP contribution is 2.47. The molecule has 2 heterocycles. The van der Waals surface area contributed by atoms with Crippen molar-refractivity contribution in [3.05, 3.63) is 35.9 Å². The molecular weight excluding hydrogens is 268 g/mol. The Hall–Kier alpha value is -0.510. The van der Waals surface area contributed by atoms with Gasteiger partial charge in [0, 0.05) is 12.4 Å². The second kappa shape index (κ2) is 5.70. The maximum absolute atomic E-state index is 11.3. The van der Waals surface area contributed by atoms with Gasteiger partial charge in [-0.05, 0) is 42.9 Å². The van der Waals surface area contributed by atoms with Crippen LogP contribution in [0.25, 0.3) is 0 Å². The summed E-state index contributed by atoms with van der Waals surface area (Å²) in [6.45, 7) is 2.89. The lowest BCUT2D eigenvalue weighted by Gasteiger charge is -2.45. The van der Waals surface area contributed by atoms with E-state index in [2.05, 4.69) is 19.1 Å². The van der Waals surface area contributed by atoms with Crippen LogP contribution < -0.4 is 0 Å². The first-order chi connectivity index (χ1) is 9.69. The molecule has 20 heavy (non-hydrogen) atoms. The third kappa shape index (κ3) is 2.51. The third-order valence-electron chi connectivity index (χ3n) is 5.05. The van der Waals surface area contributed by atoms with Crippen molar-refractivity contribution in [1.82, 2.24) is 0 Å². The lowest BCUT2D eigenvalue weighted by atomic mass is 9.71. The van der Waals surface area contributed by atoms with Crippen molar-refractivity contribution < 1.29 is 9.84 Å². The highest BCUT2D eigenvalue weighted by Gasteiger charge is 2.47. The minimum Gasteiger partial charge on any atom is -0.385 e. The average Bonchev–Trinajstić information content (AvgIpc) is 2.95. The van der Waals surface area contributed by atoms with Gasteiger partial charge in [-0.3, -0.25) is 0 Å². The van der Waals surface area contributed by atoms with Crippen LogP contribution in [0.3, 0.4) is 0 Å². The quantitative estimate of drug-likeness (QED) is 0.923. The molecule has 2 fully saturated rings. The van der Waals surface area contributed by atoms with Gasteiger partial charge in [0.15, 0.2) is 0 Å². The van der Waals surface area contributed by atoms with Crippen molar-refractivity contribution in [3.8, 4) is 0 Å². The van der Waals surface area contributed by atoms with E-state index >= 15 is 0 Å². The number of ether oxygens (including phenoxy) is 1. The number of hydrogen-bond donors (Lipinski definition) is 1. The van der Waals surface area contributed by atoms with E-state index in [1.807, 2.05) is 30.0 Å². The van der Waals surface area contributed by atoms with E-state index < -0.39 is 5.60 Å². The van der Waals surface area contributed by atoms with Crippen LogP contribution in [-0.4, -0.2) is 28.8 Å². The molecule has 3 rings (SSSR count). The third-order valence-corrected chi connectivity index (χ3v) is 6.27. The Morgan fingerprint density at radius 1 is 1.40 bits per heavy atom. The molecule has 0 amide bonds. The summed E-state index contributed by atoms with van der Waals surface area (Å²) in [4.78, 5) is 0. The van der Waals surface area contributed by atoms with Crippen LogP contribution >= 0.6 is 11.8 Å². The average molecular weight is 292 g/mol. The van der Waals surface area contributed by atoms with Gasteiger partial charge in [0.2, 0.25) is 0 Å². The standard InChI is InChI=1S/C17H24O2S/c1-2-17(18,14-6-4-3-5-7-14)15-8-10-19-16(12-15)9-11-20-13-16/h3-7,15,18H,2,8-13H2,1H3. The SMILES string of the molecule is CCC(O)(c1ccccc1)C1CCOC2(CCSC2)C1. The fourth-order valence-electron chi connectivity index (χ4n) is 3.75. The normalized spacial score (nSPS) is 33.2. The van der Waals surface area contributed by atoms with Crippen molar-refractivity contribution >= 4 is 11.8 Å². The Bertz CT molecular complexity index is 442. The molecule has 3 unspecified atom stereocenters. The van der Waals surface area contributed by atoms with Crippen LogP contribution in [0.5, 0.6) is 0 Å². The van der Waals surface area contributed by atoms with Crippen LogP contribution in [0.15, 0.2) is 30.3 Å². The van der Waals surface area contributed by atoms with Gasteiger partial charge in [0.05, 0.1) is 11.2 Å². The largest absolute Gasteiger partial charge is 0.385 e. The van der Waals surface area contributed by atoms with Crippen LogP contribution in [0.2, 0.25) is 0 Å². The number of benzene rings is 1. The molecule has 1 spiro atoms. The number of thioether (sulfide) groups is 1. The van der Waals surface area contributed by atoms with Crippen LogP contribution in [0.4, 0.5) is 0 Å². The van der Waals surface area contributed by atoms with Gasteiger partial charge in [-0.15, -0.1) is 0 Å². The Labute approximate surface area is 125 Å². The van der Waals surface area contributed by atoms with Gasteiger partial charge >= 0.3 is 0 Å². The molecule has 1 aromatic carbocycles. The minimum atomic E-state index is -0.703. The van der Waals surface area contributed by atoms with Gasteiger partial charge < -0.3 is 9.84 Å². The molecule has 110 valence electrons. The zero-order valence-electron chi connectivity index (χ0n) is 12.2. The van der Waals surface area contributed by atoms with Crippen molar-refractivity contribution in [2.75, 3.05) is 18.1 Å². The van der Waals surface area contributed by atoms with Crippen LogP contribution in [0, 0.1) is 5.92 Å². The highest BCUT2D eigenvalue weighted by atomic mass is 32.2. The van der Waals surface area contributed by atoms with E-state index in [-0.39, 0.29) is 5.60 Å². The molecule has 0 aliphatic carbocycles. The molecule has 3 atom stereocenters. The van der Waals surface area contributed by atoms with E-state index in [4.69, 9.17) is 4.74 Å². The van der Waals surface area contributed by atoms with Gasteiger partial charge in [-0.1, -0.05) is 37.3 Å². The second-order valence-electron chi connectivity index (χ2n) is 6.17. The van der Waals surface area contributed by atoms with Crippen molar-refractivity contribution in [3.63, 3.8) is 0 Å². The summed E-state index contributed by atoms with van der Waals surface area (Å²) in [6.07, 6.45) is 3.87. The molecule has 0 radical (unpaired) electrons. The van der Waals surface area contributed by atoms with Gasteiger partial charge in [0.25, 0.3) is 0 Å². The molecule has 1 aromatic rings. The zero-order chi connectivity index (χ0) is 14.1. The van der Waals surface area contributed by atoms with E-state index in [0.29, 0.717) is 5.92 Å². The van der Waals surface area contributed by atoms with Crippen molar-refractivity contribution in [1.29, 1.82) is 0 Å². The Morgan fingerprint density at radius 2 is 2.20 bits per heavy atom. The first-order valence-corrected chi connectivity index (χ1v) is 8.84. The Kier molecular flexibility index (Phi) is 4.11. The van der Waals surface area contributed by atoms with E-state index in [1.54, 1.807) is 0 Å². The summed E-state index contributed by atoms with van der Waals surface area (Å²) in [5, 5.41) is 11.3. The summed E-state index contributed by atoms with van der Waals surface area (Å²) >= 11 is 1.99. The molecule has 3 heteroatoms. The molecule has 2 aliphatic heterocycles.